The number of carboxylic acids is 1. The van der Waals surface area contributed by atoms with E-state index in [1.54, 1.807) is 0 Å². The van der Waals surface area contributed by atoms with E-state index in [0.29, 0.717) is 0 Å². The Hall–Kier alpha value is 0.770. The molecule has 1 unspecified atom stereocenters. The van der Waals surface area contributed by atoms with E-state index in [1.807, 2.05) is 0 Å². The maximum Gasteiger partial charge on any atom is 1.00 e. The van der Waals surface area contributed by atoms with Gasteiger partial charge in [0.25, 0.3) is 10.1 Å². The Balaban J connectivity index is -0.000000187. The van der Waals surface area contributed by atoms with Crippen LogP contribution in [0.4, 0.5) is 0 Å². The van der Waals surface area contributed by atoms with Gasteiger partial charge in [0.15, 0.2) is 11.5 Å². The molecule has 0 aliphatic heterocycles. The smallest absolute Gasteiger partial charge is 1.00 e. The predicted molar refractivity (Wildman–Crippen MR) is 49.0 cm³/mol. The fourth-order valence-electron chi connectivity index (χ4n) is 0.718. The molecule has 0 rings (SSSR count). The minimum Gasteiger partial charge on any atom is -1.00 e. The number of hydrogen-bond donors (Lipinski definition) is 4. The van der Waals surface area contributed by atoms with Gasteiger partial charge in [0.1, 0.15) is 6.61 Å². The second-order valence-electron chi connectivity index (χ2n) is 2.71. The van der Waals surface area contributed by atoms with Crippen molar-refractivity contribution in [2.24, 2.45) is 0 Å². The summed E-state index contributed by atoms with van der Waals surface area (Å²) in [5.74, 6) is -3.21. The second-order valence-corrected chi connectivity index (χ2v) is 4.31. The van der Waals surface area contributed by atoms with E-state index < -0.39 is 46.6 Å². The van der Waals surface area contributed by atoms with Crippen molar-refractivity contribution in [2.75, 3.05) is 6.61 Å². The molecule has 0 fully saturated rings. The molecule has 0 amide bonds. The Labute approximate surface area is 150 Å². The van der Waals surface area contributed by atoms with Gasteiger partial charge in [-0.15, -0.1) is 0 Å². The van der Waals surface area contributed by atoms with Crippen molar-refractivity contribution in [3.05, 3.63) is 0 Å². The molecular formula is C6H12Na2O9S. The molecule has 18 heavy (non-hydrogen) atoms. The van der Waals surface area contributed by atoms with Crippen LogP contribution in [0.3, 0.4) is 0 Å². The molecule has 0 saturated heterocycles. The first kappa shape index (κ1) is 23.8. The zero-order valence-electron chi connectivity index (χ0n) is 11.8. The van der Waals surface area contributed by atoms with Gasteiger partial charge >= 0.3 is 71.1 Å². The summed E-state index contributed by atoms with van der Waals surface area (Å²) >= 11 is 0. The van der Waals surface area contributed by atoms with E-state index in [-0.39, 0.29) is 62.0 Å². The molecule has 0 aliphatic rings. The van der Waals surface area contributed by atoms with Crippen LogP contribution in [0.15, 0.2) is 0 Å². The Bertz CT molecular complexity index is 375. The Kier molecular flexibility index (Phi) is 14.0. The van der Waals surface area contributed by atoms with Crippen LogP contribution in [-0.2, 0) is 24.4 Å². The molecule has 0 aromatic heterocycles. The first-order valence-electron chi connectivity index (χ1n) is 3.85. The fourth-order valence-corrected chi connectivity index (χ4v) is 1.38. The summed E-state index contributed by atoms with van der Waals surface area (Å²) in [7, 11) is -4.93. The summed E-state index contributed by atoms with van der Waals surface area (Å²) in [6.07, 6.45) is -3.20. The first-order chi connectivity index (χ1) is 7.14. The predicted octanol–water partition coefficient (Wildman–Crippen LogP) is -8.20. The van der Waals surface area contributed by atoms with Gasteiger partial charge in [-0.1, -0.05) is 0 Å². The molecule has 0 aromatic carbocycles. The number of aliphatic hydroxyl groups is 2. The van der Waals surface area contributed by atoms with Crippen LogP contribution >= 0.6 is 0 Å². The van der Waals surface area contributed by atoms with E-state index in [2.05, 4.69) is 4.74 Å². The number of esters is 1. The quantitative estimate of drug-likeness (QED) is 0.162. The van der Waals surface area contributed by atoms with E-state index in [1.165, 1.54) is 0 Å². The number of carboxylic acid groups (broad SMARTS) is 1. The van der Waals surface area contributed by atoms with Gasteiger partial charge < -0.3 is 22.9 Å². The average Bonchev–Trinajstić information content (AvgIpc) is 2.08. The zero-order chi connectivity index (χ0) is 12.9. The monoisotopic (exact) mass is 306 g/mol. The number of aliphatic carboxylic acids is 1. The third-order valence-electron chi connectivity index (χ3n) is 1.36. The molecule has 1 atom stereocenters. The topological polar surface area (TPSA) is 158 Å². The number of carbonyl (C=O) groups excluding carboxylic acids is 1. The maximum atomic E-state index is 11.0. The van der Waals surface area contributed by atoms with Crippen LogP contribution in [0.2, 0.25) is 0 Å². The van der Waals surface area contributed by atoms with Crippen LogP contribution in [0.5, 0.6) is 0 Å². The Morgan fingerprint density at radius 1 is 1.22 bits per heavy atom. The summed E-state index contributed by atoms with van der Waals surface area (Å²) in [6, 6.07) is 0. The fraction of sp³-hybridized carbons (Fsp3) is 0.667. The van der Waals surface area contributed by atoms with Crippen molar-refractivity contribution in [3.8, 4) is 0 Å². The van der Waals surface area contributed by atoms with Crippen molar-refractivity contribution < 1.29 is 105 Å². The summed E-state index contributed by atoms with van der Waals surface area (Å²) in [5, 5.41) is 22.6. The van der Waals surface area contributed by atoms with E-state index in [9.17, 15) is 18.0 Å². The van der Waals surface area contributed by atoms with Crippen LogP contribution in [0.1, 0.15) is 9.27 Å². The van der Waals surface area contributed by atoms with Crippen LogP contribution in [0, 0.1) is 0 Å². The van der Waals surface area contributed by atoms with E-state index in [4.69, 9.17) is 19.9 Å². The Morgan fingerprint density at radius 3 is 1.94 bits per heavy atom. The third-order valence-corrected chi connectivity index (χ3v) is 2.44. The third kappa shape index (κ3) is 10.7. The minimum atomic E-state index is -4.93. The molecule has 0 radical (unpaired) electrons. The van der Waals surface area contributed by atoms with Crippen molar-refractivity contribution in [3.63, 3.8) is 0 Å². The van der Waals surface area contributed by atoms with Crippen LogP contribution in [-0.4, -0.2) is 58.4 Å². The van der Waals surface area contributed by atoms with Gasteiger partial charge in [-0.2, -0.15) is 8.42 Å². The summed E-state index contributed by atoms with van der Waals surface area (Å²) in [4.78, 5) is 21.2. The maximum absolute atomic E-state index is 11.0. The van der Waals surface area contributed by atoms with E-state index >= 15 is 0 Å². The summed E-state index contributed by atoms with van der Waals surface area (Å²) < 4.78 is 33.8. The largest absolute Gasteiger partial charge is 1.00 e. The molecule has 98 valence electrons. The number of hydrogen-bond acceptors (Lipinski definition) is 7. The van der Waals surface area contributed by atoms with Gasteiger partial charge in [0.05, 0.1) is 6.42 Å². The standard InChI is InChI=1S/C6H10O9S.2Na.2H/c7-4(8)1-3(16(12,13)14)6(11)15-2-5(9)10;;;;/h3,5,9-10H,1-2H2,(H,7,8)(H,12,13,14);;;;/q;2*+1;2*-1. The second kappa shape index (κ2) is 10.5. The molecule has 0 heterocycles. The molecule has 0 aliphatic carbocycles. The van der Waals surface area contributed by atoms with Crippen molar-refractivity contribution >= 4 is 22.1 Å². The molecule has 0 saturated carbocycles. The average molecular weight is 306 g/mol. The van der Waals surface area contributed by atoms with Crippen LogP contribution in [0.25, 0.3) is 0 Å². The van der Waals surface area contributed by atoms with Crippen LogP contribution < -0.4 is 59.1 Å². The number of ether oxygens (including phenoxy) is 1. The van der Waals surface area contributed by atoms with Gasteiger partial charge in [-0.25, -0.2) is 0 Å². The zero-order valence-corrected chi connectivity index (χ0v) is 14.6. The number of aliphatic hydroxyl groups excluding tert-OH is 1. The molecule has 9 nitrogen and oxygen atoms in total. The Morgan fingerprint density at radius 2 is 1.67 bits per heavy atom. The molecule has 0 bridgehead atoms. The van der Waals surface area contributed by atoms with Gasteiger partial charge in [0, 0.05) is 0 Å². The number of carbonyl (C=O) groups is 2. The van der Waals surface area contributed by atoms with Crippen molar-refractivity contribution in [2.45, 2.75) is 18.0 Å². The molecule has 0 aromatic rings. The minimum absolute atomic E-state index is 0. The van der Waals surface area contributed by atoms with Gasteiger partial charge in [0.2, 0.25) is 0 Å². The normalized spacial score (nSPS) is 12.0. The number of rotatable bonds is 6. The van der Waals surface area contributed by atoms with Crippen molar-refractivity contribution in [1.29, 1.82) is 0 Å². The summed E-state index contributed by atoms with van der Waals surface area (Å²) in [6.45, 7) is -0.926. The molecule has 0 spiro atoms. The van der Waals surface area contributed by atoms with E-state index in [0.717, 1.165) is 0 Å². The molecule has 4 N–H and O–H groups in total. The molecule has 12 heteroatoms. The molecular weight excluding hydrogens is 294 g/mol. The first-order valence-corrected chi connectivity index (χ1v) is 5.35. The van der Waals surface area contributed by atoms with Gasteiger partial charge in [-0.05, 0) is 0 Å². The van der Waals surface area contributed by atoms with Gasteiger partial charge in [-0.3, -0.25) is 14.1 Å². The summed E-state index contributed by atoms with van der Waals surface area (Å²) in [5.41, 5.74) is 0. The SMILES string of the molecule is O=C(O)CC(C(=O)OCC(O)O)S(=O)(=O)O.[H-].[H-].[Na+].[Na+]. The van der Waals surface area contributed by atoms with Crippen molar-refractivity contribution in [1.82, 2.24) is 0 Å².